The molecule has 1 aromatic rings. The molecular formula is C18H22ClN3O. The van der Waals surface area contributed by atoms with Crippen LogP contribution >= 0.6 is 11.6 Å². The molecule has 4 fully saturated rings. The molecule has 2 bridgehead atoms. The van der Waals surface area contributed by atoms with E-state index in [1.165, 1.54) is 44.3 Å². The first-order valence-corrected chi connectivity index (χ1v) is 9.13. The first-order valence-electron chi connectivity index (χ1n) is 8.76. The predicted molar refractivity (Wildman–Crippen MR) is 92.1 cm³/mol. The van der Waals surface area contributed by atoms with Crippen LogP contribution < -0.4 is 5.32 Å². The number of anilines is 1. The van der Waals surface area contributed by atoms with Gasteiger partial charge in [-0.2, -0.15) is 0 Å². The zero-order chi connectivity index (χ0) is 15.4. The van der Waals surface area contributed by atoms with Crippen molar-refractivity contribution in [3.8, 4) is 0 Å². The molecule has 1 atom stereocenters. The Morgan fingerprint density at radius 3 is 2.74 bits per heavy atom. The highest BCUT2D eigenvalue weighted by Crippen LogP contribution is 2.45. The first kappa shape index (κ1) is 14.1. The average molecular weight is 332 g/mol. The fraction of sp³-hybridized carbons (Fsp3) is 0.611. The molecule has 0 radical (unpaired) electrons. The molecule has 4 aliphatic heterocycles. The van der Waals surface area contributed by atoms with E-state index in [1.54, 1.807) is 0 Å². The normalized spacial score (nSPS) is 35.3. The minimum atomic E-state index is -0.0788. The van der Waals surface area contributed by atoms with Gasteiger partial charge in [-0.1, -0.05) is 16.8 Å². The highest BCUT2D eigenvalue weighted by molar-refractivity contribution is 6.31. The molecular weight excluding hydrogens is 310 g/mol. The number of hydrogen-bond acceptors (Lipinski definition) is 4. The molecule has 1 spiro atoms. The molecule has 1 aromatic carbocycles. The van der Waals surface area contributed by atoms with Crippen LogP contribution in [0.5, 0.6) is 0 Å². The third-order valence-corrected chi connectivity index (χ3v) is 6.27. The maximum atomic E-state index is 6.32. The molecule has 0 amide bonds. The molecule has 3 saturated heterocycles. The summed E-state index contributed by atoms with van der Waals surface area (Å²) in [5.74, 6) is 2.27. The van der Waals surface area contributed by atoms with Crippen LogP contribution in [0.3, 0.4) is 0 Å². The van der Waals surface area contributed by atoms with Gasteiger partial charge in [0.1, 0.15) is 0 Å². The van der Waals surface area contributed by atoms with Crippen LogP contribution in [0.4, 0.5) is 5.69 Å². The number of piperidine rings is 3. The summed E-state index contributed by atoms with van der Waals surface area (Å²) in [6, 6.07) is 6.22. The first-order chi connectivity index (χ1) is 11.2. The van der Waals surface area contributed by atoms with Crippen molar-refractivity contribution >= 4 is 23.1 Å². The van der Waals surface area contributed by atoms with E-state index in [9.17, 15) is 0 Å². The minimum Gasteiger partial charge on any atom is -0.386 e. The van der Waals surface area contributed by atoms with Gasteiger partial charge in [-0.25, -0.2) is 0 Å². The van der Waals surface area contributed by atoms with E-state index in [1.807, 2.05) is 12.1 Å². The summed E-state index contributed by atoms with van der Waals surface area (Å²) >= 11 is 6.32. The summed E-state index contributed by atoms with van der Waals surface area (Å²) in [5.41, 5.74) is 2.27. The second kappa shape index (κ2) is 5.12. The highest BCUT2D eigenvalue weighted by atomic mass is 35.5. The monoisotopic (exact) mass is 331 g/mol. The van der Waals surface area contributed by atoms with E-state index in [-0.39, 0.29) is 5.60 Å². The van der Waals surface area contributed by atoms with Crippen molar-refractivity contribution < 1.29 is 4.84 Å². The third-order valence-electron chi connectivity index (χ3n) is 5.93. The van der Waals surface area contributed by atoms with Crippen LogP contribution in [0.15, 0.2) is 23.4 Å². The summed E-state index contributed by atoms with van der Waals surface area (Å²) < 4.78 is 0. The van der Waals surface area contributed by atoms with Crippen molar-refractivity contribution in [1.82, 2.24) is 4.90 Å². The standard InChI is InChI=1S/C18H22ClN3O/c19-16-4-3-14(9-15(16)12-1-2-12)20-17-10-18(23-21-17)11-22-7-5-13(18)6-8-22/h3-4,9,12-13H,1-2,5-8,10-11H2,(H,20,21)/t18-/m0/s1. The topological polar surface area (TPSA) is 36.9 Å². The van der Waals surface area contributed by atoms with Crippen LogP contribution in [0.1, 0.15) is 43.6 Å². The SMILES string of the molecule is Clc1ccc(NC2=NO[C@@]3(C2)CN2CCC3CC2)cc1C1CC1. The maximum Gasteiger partial charge on any atom is 0.160 e. The van der Waals surface area contributed by atoms with Gasteiger partial charge in [0.15, 0.2) is 11.4 Å². The zero-order valence-electron chi connectivity index (χ0n) is 13.2. The second-order valence-corrected chi connectivity index (χ2v) is 7.96. The van der Waals surface area contributed by atoms with Crippen molar-refractivity contribution in [3.63, 3.8) is 0 Å². The van der Waals surface area contributed by atoms with E-state index >= 15 is 0 Å². The van der Waals surface area contributed by atoms with Crippen LogP contribution in [-0.2, 0) is 4.84 Å². The molecule has 122 valence electrons. The number of nitrogens with one attached hydrogen (secondary N) is 1. The van der Waals surface area contributed by atoms with Gasteiger partial charge in [-0.3, -0.25) is 4.90 Å². The minimum absolute atomic E-state index is 0.0788. The van der Waals surface area contributed by atoms with Gasteiger partial charge in [0.05, 0.1) is 6.42 Å². The van der Waals surface area contributed by atoms with Crippen molar-refractivity contribution in [2.75, 3.05) is 25.0 Å². The molecule has 1 saturated carbocycles. The molecule has 6 rings (SSSR count). The number of halogens is 1. The number of nitrogens with zero attached hydrogens (tertiary/aromatic N) is 2. The summed E-state index contributed by atoms with van der Waals surface area (Å²) in [6.07, 6.45) is 5.91. The van der Waals surface area contributed by atoms with Gasteiger partial charge < -0.3 is 10.2 Å². The van der Waals surface area contributed by atoms with Gasteiger partial charge in [-0.05, 0) is 68.5 Å². The number of amidine groups is 1. The Morgan fingerprint density at radius 2 is 2.04 bits per heavy atom. The van der Waals surface area contributed by atoms with E-state index in [0.717, 1.165) is 29.5 Å². The molecule has 1 N–H and O–H groups in total. The smallest absolute Gasteiger partial charge is 0.160 e. The van der Waals surface area contributed by atoms with Gasteiger partial charge >= 0.3 is 0 Å². The van der Waals surface area contributed by atoms with E-state index in [0.29, 0.717) is 11.8 Å². The molecule has 0 unspecified atom stereocenters. The van der Waals surface area contributed by atoms with Gasteiger partial charge in [0.25, 0.3) is 0 Å². The molecule has 5 heteroatoms. The molecule has 4 heterocycles. The Hall–Kier alpha value is -1.26. The fourth-order valence-corrected chi connectivity index (χ4v) is 4.76. The Bertz CT molecular complexity index is 664. The summed E-state index contributed by atoms with van der Waals surface area (Å²) in [4.78, 5) is 8.49. The van der Waals surface area contributed by atoms with E-state index in [2.05, 4.69) is 21.4 Å². The lowest BCUT2D eigenvalue weighted by atomic mass is 9.73. The third kappa shape index (κ3) is 2.43. The fourth-order valence-electron chi connectivity index (χ4n) is 4.48. The van der Waals surface area contributed by atoms with E-state index < -0.39 is 0 Å². The number of fused-ring (bicyclic) bond motifs is 2. The molecule has 23 heavy (non-hydrogen) atoms. The Labute approximate surface area is 141 Å². The lowest BCUT2D eigenvalue weighted by Crippen LogP contribution is -2.59. The van der Waals surface area contributed by atoms with Gasteiger partial charge in [0, 0.05) is 23.2 Å². The maximum absolute atomic E-state index is 6.32. The van der Waals surface area contributed by atoms with Gasteiger partial charge in [0.2, 0.25) is 0 Å². The lowest BCUT2D eigenvalue weighted by Gasteiger charge is -2.49. The van der Waals surface area contributed by atoms with Crippen molar-refractivity contribution in [1.29, 1.82) is 0 Å². The Balaban J connectivity index is 1.31. The van der Waals surface area contributed by atoms with Crippen LogP contribution in [0, 0.1) is 5.92 Å². The van der Waals surface area contributed by atoms with Gasteiger partial charge in [-0.15, -0.1) is 0 Å². The summed E-state index contributed by atoms with van der Waals surface area (Å²) in [6.45, 7) is 3.47. The number of hydrogen-bond donors (Lipinski definition) is 1. The highest BCUT2D eigenvalue weighted by Gasteiger charge is 2.52. The zero-order valence-corrected chi connectivity index (χ0v) is 14.0. The Morgan fingerprint density at radius 1 is 1.22 bits per heavy atom. The largest absolute Gasteiger partial charge is 0.386 e. The predicted octanol–water partition coefficient (Wildman–Crippen LogP) is 3.83. The van der Waals surface area contributed by atoms with Crippen molar-refractivity contribution in [2.45, 2.75) is 43.6 Å². The van der Waals surface area contributed by atoms with Crippen molar-refractivity contribution in [3.05, 3.63) is 28.8 Å². The number of rotatable bonds is 2. The average Bonchev–Trinajstić information content (AvgIpc) is 3.34. The summed E-state index contributed by atoms with van der Waals surface area (Å²) in [7, 11) is 0. The Kier molecular flexibility index (Phi) is 3.14. The molecule has 4 nitrogen and oxygen atoms in total. The van der Waals surface area contributed by atoms with Crippen LogP contribution in [-0.4, -0.2) is 36.0 Å². The quantitative estimate of drug-likeness (QED) is 0.895. The lowest BCUT2D eigenvalue weighted by molar-refractivity contribution is -0.136. The second-order valence-electron chi connectivity index (χ2n) is 7.56. The number of benzene rings is 1. The molecule has 5 aliphatic rings. The van der Waals surface area contributed by atoms with Crippen LogP contribution in [0.25, 0.3) is 0 Å². The molecule has 1 aliphatic carbocycles. The summed E-state index contributed by atoms with van der Waals surface area (Å²) in [5, 5.41) is 8.74. The van der Waals surface area contributed by atoms with E-state index in [4.69, 9.17) is 16.4 Å². The number of oxime groups is 1. The molecule has 0 aromatic heterocycles. The van der Waals surface area contributed by atoms with Crippen molar-refractivity contribution in [2.24, 2.45) is 11.1 Å². The van der Waals surface area contributed by atoms with Crippen LogP contribution in [0.2, 0.25) is 5.02 Å².